The third-order valence-corrected chi connectivity index (χ3v) is 7.29. The van der Waals surface area contributed by atoms with E-state index in [1.54, 1.807) is 33.1 Å². The van der Waals surface area contributed by atoms with E-state index in [9.17, 15) is 4.79 Å². The third kappa shape index (κ3) is 3.54. The quantitative estimate of drug-likeness (QED) is 0.444. The zero-order valence-electron chi connectivity index (χ0n) is 16.3. The Balaban J connectivity index is 1.55. The van der Waals surface area contributed by atoms with Crippen molar-refractivity contribution < 1.29 is 9.53 Å². The molecule has 1 aliphatic rings. The van der Waals surface area contributed by atoms with E-state index in [-0.39, 0.29) is 12.0 Å². The number of aromatic nitrogens is 2. The predicted octanol–water partition coefficient (Wildman–Crippen LogP) is 5.35. The first-order valence-corrected chi connectivity index (χ1v) is 11.4. The van der Waals surface area contributed by atoms with E-state index >= 15 is 0 Å². The molecule has 0 bridgehead atoms. The number of hydrogen-bond donors (Lipinski definition) is 0. The molecule has 148 valence electrons. The van der Waals surface area contributed by atoms with Crippen LogP contribution in [-0.2, 0) is 4.74 Å². The molecule has 7 heteroatoms. The number of anilines is 1. The summed E-state index contributed by atoms with van der Waals surface area (Å²) < 4.78 is 7.96. The minimum absolute atomic E-state index is 0.0386. The number of amides is 1. The van der Waals surface area contributed by atoms with Crippen molar-refractivity contribution in [3.05, 3.63) is 52.5 Å². The van der Waals surface area contributed by atoms with Gasteiger partial charge in [-0.1, -0.05) is 11.3 Å². The Morgan fingerprint density at radius 2 is 2.03 bits per heavy atom. The number of fused-ring (bicyclic) bond motifs is 2. The highest BCUT2D eigenvalue weighted by Gasteiger charge is 2.27. The summed E-state index contributed by atoms with van der Waals surface area (Å²) in [6, 6.07) is 9.95. The molecule has 0 aliphatic carbocycles. The van der Waals surface area contributed by atoms with Crippen LogP contribution in [0.5, 0.6) is 0 Å². The van der Waals surface area contributed by atoms with Crippen LogP contribution in [0, 0.1) is 13.8 Å². The van der Waals surface area contributed by atoms with Crippen LogP contribution in [0.1, 0.15) is 34.3 Å². The van der Waals surface area contributed by atoms with Crippen LogP contribution in [0.3, 0.4) is 0 Å². The fourth-order valence-corrected chi connectivity index (χ4v) is 5.44. The molecule has 0 spiro atoms. The number of hydrogen-bond acceptors (Lipinski definition) is 6. The highest BCUT2D eigenvalue weighted by Crippen LogP contribution is 2.33. The van der Waals surface area contributed by atoms with E-state index in [1.807, 2.05) is 18.2 Å². The van der Waals surface area contributed by atoms with Gasteiger partial charge < -0.3 is 4.74 Å². The smallest absolute Gasteiger partial charge is 0.260 e. The minimum atomic E-state index is -0.0386. The van der Waals surface area contributed by atoms with Gasteiger partial charge in [0.05, 0.1) is 38.6 Å². The molecule has 1 atom stereocenters. The molecule has 2 aromatic heterocycles. The molecular weight excluding hydrogens is 402 g/mol. The van der Waals surface area contributed by atoms with Crippen molar-refractivity contribution in [2.45, 2.75) is 32.8 Å². The monoisotopic (exact) mass is 423 g/mol. The van der Waals surface area contributed by atoms with Crippen molar-refractivity contribution in [1.82, 2.24) is 9.97 Å². The maximum Gasteiger partial charge on any atom is 0.260 e. The number of thiazole rings is 2. The molecule has 1 unspecified atom stereocenters. The van der Waals surface area contributed by atoms with Gasteiger partial charge in [-0.05, 0) is 68.1 Å². The average Bonchev–Trinajstić information content (AvgIpc) is 3.46. The van der Waals surface area contributed by atoms with E-state index in [1.165, 1.54) is 11.1 Å². The molecule has 0 N–H and O–H groups in total. The molecule has 4 aromatic rings. The van der Waals surface area contributed by atoms with Crippen molar-refractivity contribution in [2.24, 2.45) is 0 Å². The molecule has 29 heavy (non-hydrogen) atoms. The lowest BCUT2D eigenvalue weighted by molar-refractivity contribution is 0.0917. The first-order chi connectivity index (χ1) is 14.1. The number of aryl methyl sites for hydroxylation is 2. The summed E-state index contributed by atoms with van der Waals surface area (Å²) in [7, 11) is 0. The van der Waals surface area contributed by atoms with Gasteiger partial charge in [-0.2, -0.15) is 0 Å². The lowest BCUT2D eigenvalue weighted by Gasteiger charge is -2.23. The van der Waals surface area contributed by atoms with Crippen molar-refractivity contribution in [3.63, 3.8) is 0 Å². The molecule has 1 fully saturated rings. The van der Waals surface area contributed by atoms with Gasteiger partial charge in [-0.25, -0.2) is 9.97 Å². The van der Waals surface area contributed by atoms with E-state index in [0.717, 1.165) is 45.0 Å². The van der Waals surface area contributed by atoms with Gasteiger partial charge in [-0.15, -0.1) is 11.3 Å². The van der Waals surface area contributed by atoms with Crippen LogP contribution in [0.2, 0.25) is 0 Å². The summed E-state index contributed by atoms with van der Waals surface area (Å²) in [4.78, 5) is 24.5. The van der Waals surface area contributed by atoms with Gasteiger partial charge in [0.25, 0.3) is 5.91 Å². The van der Waals surface area contributed by atoms with Crippen LogP contribution in [-0.4, -0.2) is 35.1 Å². The molecular formula is C22H21N3O2S2. The van der Waals surface area contributed by atoms with Crippen molar-refractivity contribution in [2.75, 3.05) is 18.1 Å². The fourth-order valence-electron chi connectivity index (χ4n) is 3.67. The molecule has 1 aliphatic heterocycles. The van der Waals surface area contributed by atoms with Crippen LogP contribution >= 0.6 is 22.7 Å². The van der Waals surface area contributed by atoms with Crippen LogP contribution in [0.15, 0.2) is 35.8 Å². The van der Waals surface area contributed by atoms with E-state index in [2.05, 4.69) is 31.0 Å². The molecule has 5 nitrogen and oxygen atoms in total. The predicted molar refractivity (Wildman–Crippen MR) is 119 cm³/mol. The molecule has 5 rings (SSSR count). The average molecular weight is 424 g/mol. The summed E-state index contributed by atoms with van der Waals surface area (Å²) in [5.74, 6) is -0.0386. The Labute approximate surface area is 177 Å². The standard InChI is InChI=1S/C22H21N3O2S2/c1-13-8-18-20(9-14(13)2)29-22(24-18)25(11-16-4-3-7-27-16)21(26)15-5-6-17-19(10-15)28-12-23-17/h5-6,8-10,12,16H,3-4,7,11H2,1-2H3. The highest BCUT2D eigenvalue weighted by molar-refractivity contribution is 7.22. The second kappa shape index (κ2) is 7.48. The Kier molecular flexibility index (Phi) is 4.81. The van der Waals surface area contributed by atoms with Gasteiger partial charge in [0.2, 0.25) is 0 Å². The summed E-state index contributed by atoms with van der Waals surface area (Å²) in [5, 5.41) is 0.731. The van der Waals surface area contributed by atoms with Crippen LogP contribution < -0.4 is 4.90 Å². The first-order valence-electron chi connectivity index (χ1n) is 9.73. The lowest BCUT2D eigenvalue weighted by Crippen LogP contribution is -2.37. The summed E-state index contributed by atoms with van der Waals surface area (Å²) in [6.45, 7) is 5.48. The maximum absolute atomic E-state index is 13.5. The lowest BCUT2D eigenvalue weighted by atomic mass is 10.1. The summed E-state index contributed by atoms with van der Waals surface area (Å²) >= 11 is 3.12. The zero-order chi connectivity index (χ0) is 20.0. The van der Waals surface area contributed by atoms with Crippen LogP contribution in [0.4, 0.5) is 5.13 Å². The largest absolute Gasteiger partial charge is 0.376 e. The number of rotatable bonds is 4. The molecule has 1 amide bonds. The van der Waals surface area contributed by atoms with Gasteiger partial charge >= 0.3 is 0 Å². The zero-order valence-corrected chi connectivity index (χ0v) is 18.0. The molecule has 2 aromatic carbocycles. The van der Waals surface area contributed by atoms with E-state index in [0.29, 0.717) is 12.1 Å². The van der Waals surface area contributed by atoms with Gasteiger partial charge in [-0.3, -0.25) is 9.69 Å². The molecule has 0 radical (unpaired) electrons. The topological polar surface area (TPSA) is 55.3 Å². The molecule has 3 heterocycles. The fraction of sp³-hybridized carbons (Fsp3) is 0.318. The third-order valence-electron chi connectivity index (χ3n) is 5.46. The Morgan fingerprint density at radius 3 is 2.86 bits per heavy atom. The first kappa shape index (κ1) is 18.7. The maximum atomic E-state index is 13.5. The Hall–Kier alpha value is -2.35. The van der Waals surface area contributed by atoms with Crippen molar-refractivity contribution in [3.8, 4) is 0 Å². The second-order valence-corrected chi connectivity index (χ2v) is 9.38. The normalized spacial score (nSPS) is 16.7. The van der Waals surface area contributed by atoms with Gasteiger partial charge in [0.1, 0.15) is 0 Å². The number of ether oxygens (including phenoxy) is 1. The second-order valence-electron chi connectivity index (χ2n) is 7.49. The van der Waals surface area contributed by atoms with Crippen molar-refractivity contribution >= 4 is 54.1 Å². The van der Waals surface area contributed by atoms with Crippen molar-refractivity contribution in [1.29, 1.82) is 0 Å². The van der Waals surface area contributed by atoms with E-state index < -0.39 is 0 Å². The van der Waals surface area contributed by atoms with Gasteiger partial charge in [0.15, 0.2) is 5.13 Å². The molecule has 1 saturated heterocycles. The summed E-state index contributed by atoms with van der Waals surface area (Å²) in [5.41, 5.74) is 6.77. The number of benzene rings is 2. The van der Waals surface area contributed by atoms with Gasteiger partial charge in [0, 0.05) is 12.2 Å². The minimum Gasteiger partial charge on any atom is -0.376 e. The Bertz CT molecular complexity index is 1170. The number of carbonyl (C=O) groups excluding carboxylic acids is 1. The summed E-state index contributed by atoms with van der Waals surface area (Å²) in [6.07, 6.45) is 2.07. The Morgan fingerprint density at radius 1 is 1.17 bits per heavy atom. The van der Waals surface area contributed by atoms with Crippen LogP contribution in [0.25, 0.3) is 20.4 Å². The highest BCUT2D eigenvalue weighted by atomic mass is 32.1. The van der Waals surface area contributed by atoms with E-state index in [4.69, 9.17) is 9.72 Å². The number of carbonyl (C=O) groups is 1. The molecule has 0 saturated carbocycles. The number of nitrogens with zero attached hydrogens (tertiary/aromatic N) is 3. The SMILES string of the molecule is Cc1cc2nc(N(CC3CCCO3)C(=O)c3ccc4ncsc4c3)sc2cc1C.